The van der Waals surface area contributed by atoms with E-state index in [0.29, 0.717) is 27.1 Å². The second-order valence-electron chi connectivity index (χ2n) is 7.49. The first-order chi connectivity index (χ1) is 16.9. The standard InChI is InChI=1S/C26H18BrFN2O4S/c1-33-22-11-18(10-20(27)24(22)34-15-17-8-6-16(13-29)7-9-17)12-23-25(31)30(26(32)35-23)14-19-4-2-3-5-21(19)28/h2-12H,14-15H2,1H3/b23-12+. The number of halogens is 2. The summed E-state index contributed by atoms with van der Waals surface area (Å²) < 4.78 is 26.0. The van der Waals surface area contributed by atoms with Crippen molar-refractivity contribution in [1.29, 1.82) is 5.26 Å². The Kier molecular flexibility index (Phi) is 7.54. The third kappa shape index (κ3) is 5.56. The summed E-state index contributed by atoms with van der Waals surface area (Å²) in [5.41, 5.74) is 2.33. The fraction of sp³-hybridized carbons (Fsp3) is 0.115. The minimum absolute atomic E-state index is 0.135. The first-order valence-corrected chi connectivity index (χ1v) is 12.0. The number of rotatable bonds is 7. The number of nitriles is 1. The Morgan fingerprint density at radius 3 is 2.57 bits per heavy atom. The molecule has 1 heterocycles. The van der Waals surface area contributed by atoms with Gasteiger partial charge in [0.25, 0.3) is 11.1 Å². The van der Waals surface area contributed by atoms with E-state index >= 15 is 0 Å². The van der Waals surface area contributed by atoms with Crippen LogP contribution in [0, 0.1) is 17.1 Å². The molecule has 1 aliphatic rings. The number of imide groups is 1. The molecule has 9 heteroatoms. The second-order valence-corrected chi connectivity index (χ2v) is 9.34. The summed E-state index contributed by atoms with van der Waals surface area (Å²) >= 11 is 4.29. The van der Waals surface area contributed by atoms with Crippen LogP contribution in [-0.2, 0) is 17.9 Å². The zero-order valence-corrected chi connectivity index (χ0v) is 20.9. The maximum Gasteiger partial charge on any atom is 0.293 e. The third-order valence-corrected chi connectivity index (χ3v) is 6.67. The molecular weight excluding hydrogens is 535 g/mol. The van der Waals surface area contributed by atoms with Crippen molar-refractivity contribution in [3.05, 3.63) is 98.1 Å². The highest BCUT2D eigenvalue weighted by Crippen LogP contribution is 2.39. The van der Waals surface area contributed by atoms with Crippen molar-refractivity contribution in [2.24, 2.45) is 0 Å². The van der Waals surface area contributed by atoms with E-state index in [-0.39, 0.29) is 23.6 Å². The van der Waals surface area contributed by atoms with Crippen molar-refractivity contribution >= 4 is 44.9 Å². The molecule has 1 aliphatic heterocycles. The molecule has 0 aliphatic carbocycles. The summed E-state index contributed by atoms with van der Waals surface area (Å²) in [6, 6.07) is 18.6. The molecule has 3 aromatic carbocycles. The molecular formula is C26H18BrFN2O4S. The Bertz CT molecular complexity index is 1370. The number of carbonyl (C=O) groups is 2. The van der Waals surface area contributed by atoms with Crippen LogP contribution in [0.3, 0.4) is 0 Å². The normalized spacial score (nSPS) is 14.3. The summed E-state index contributed by atoms with van der Waals surface area (Å²) in [5.74, 6) is -0.0493. The molecule has 0 saturated carbocycles. The van der Waals surface area contributed by atoms with E-state index < -0.39 is 17.0 Å². The zero-order chi connectivity index (χ0) is 24.9. The van der Waals surface area contributed by atoms with Gasteiger partial charge in [0.2, 0.25) is 0 Å². The van der Waals surface area contributed by atoms with E-state index in [1.165, 1.54) is 13.2 Å². The van der Waals surface area contributed by atoms with Gasteiger partial charge in [-0.05, 0) is 75.2 Å². The van der Waals surface area contributed by atoms with Crippen LogP contribution in [0.1, 0.15) is 22.3 Å². The number of methoxy groups -OCH3 is 1. The number of carbonyl (C=O) groups excluding carboxylic acids is 2. The Labute approximate surface area is 214 Å². The van der Waals surface area contributed by atoms with Crippen molar-refractivity contribution < 1.29 is 23.5 Å². The van der Waals surface area contributed by atoms with Gasteiger partial charge in [0, 0.05) is 5.56 Å². The quantitative estimate of drug-likeness (QED) is 0.321. The first-order valence-electron chi connectivity index (χ1n) is 10.4. The third-order valence-electron chi connectivity index (χ3n) is 5.18. The van der Waals surface area contributed by atoms with E-state index in [9.17, 15) is 14.0 Å². The summed E-state index contributed by atoms with van der Waals surface area (Å²) in [6.45, 7) is 0.124. The van der Waals surface area contributed by atoms with E-state index in [1.807, 2.05) is 12.1 Å². The predicted octanol–water partition coefficient (Wildman–Crippen LogP) is 6.28. The van der Waals surface area contributed by atoms with Crippen molar-refractivity contribution in [3.8, 4) is 17.6 Å². The number of benzene rings is 3. The zero-order valence-electron chi connectivity index (χ0n) is 18.5. The van der Waals surface area contributed by atoms with E-state index in [2.05, 4.69) is 22.0 Å². The monoisotopic (exact) mass is 552 g/mol. The molecule has 0 aromatic heterocycles. The number of ether oxygens (including phenoxy) is 2. The number of nitrogens with zero attached hydrogens (tertiary/aromatic N) is 2. The summed E-state index contributed by atoms with van der Waals surface area (Å²) in [5, 5.41) is 8.46. The van der Waals surface area contributed by atoms with Gasteiger partial charge in [-0.2, -0.15) is 5.26 Å². The highest BCUT2D eigenvalue weighted by molar-refractivity contribution is 9.10. The van der Waals surface area contributed by atoms with E-state index in [1.54, 1.807) is 48.5 Å². The van der Waals surface area contributed by atoms with Gasteiger partial charge in [0.1, 0.15) is 12.4 Å². The van der Waals surface area contributed by atoms with Crippen LogP contribution >= 0.6 is 27.7 Å². The molecule has 4 rings (SSSR count). The maximum atomic E-state index is 14.0. The van der Waals surface area contributed by atoms with Crippen molar-refractivity contribution in [2.75, 3.05) is 7.11 Å². The Morgan fingerprint density at radius 1 is 1.14 bits per heavy atom. The minimum Gasteiger partial charge on any atom is -0.493 e. The molecule has 3 aromatic rings. The van der Waals surface area contributed by atoms with Crippen molar-refractivity contribution in [1.82, 2.24) is 4.90 Å². The molecule has 0 radical (unpaired) electrons. The molecule has 176 valence electrons. The molecule has 2 amide bonds. The van der Waals surface area contributed by atoms with Gasteiger partial charge < -0.3 is 9.47 Å². The number of hydrogen-bond acceptors (Lipinski definition) is 6. The lowest BCUT2D eigenvalue weighted by atomic mass is 10.1. The maximum absolute atomic E-state index is 14.0. The first kappa shape index (κ1) is 24.5. The fourth-order valence-electron chi connectivity index (χ4n) is 3.38. The smallest absolute Gasteiger partial charge is 0.293 e. The lowest BCUT2D eigenvalue weighted by Gasteiger charge is -2.14. The lowest BCUT2D eigenvalue weighted by molar-refractivity contribution is -0.123. The average Bonchev–Trinajstić information content (AvgIpc) is 3.12. The highest BCUT2D eigenvalue weighted by atomic mass is 79.9. The summed E-state index contributed by atoms with van der Waals surface area (Å²) in [6.07, 6.45) is 1.59. The molecule has 0 N–H and O–H groups in total. The van der Waals surface area contributed by atoms with Crippen molar-refractivity contribution in [3.63, 3.8) is 0 Å². The van der Waals surface area contributed by atoms with Gasteiger partial charge in [0.15, 0.2) is 11.5 Å². The SMILES string of the molecule is COc1cc(/C=C2/SC(=O)N(Cc3ccccc3F)C2=O)cc(Br)c1OCc1ccc(C#N)cc1. The highest BCUT2D eigenvalue weighted by Gasteiger charge is 2.35. The van der Waals surface area contributed by atoms with E-state index in [4.69, 9.17) is 14.7 Å². The van der Waals surface area contributed by atoms with Gasteiger partial charge in [0.05, 0.1) is 34.7 Å². The molecule has 6 nitrogen and oxygen atoms in total. The van der Waals surface area contributed by atoms with Gasteiger partial charge in [-0.3, -0.25) is 14.5 Å². The van der Waals surface area contributed by atoms with Gasteiger partial charge in [-0.25, -0.2) is 4.39 Å². The number of hydrogen-bond donors (Lipinski definition) is 0. The molecule has 35 heavy (non-hydrogen) atoms. The van der Waals surface area contributed by atoms with Gasteiger partial charge in [-0.1, -0.05) is 30.3 Å². The predicted molar refractivity (Wildman–Crippen MR) is 134 cm³/mol. The number of thioether (sulfide) groups is 1. The van der Waals surface area contributed by atoms with Crippen molar-refractivity contribution in [2.45, 2.75) is 13.2 Å². The van der Waals surface area contributed by atoms with Crippen LogP contribution in [0.5, 0.6) is 11.5 Å². The van der Waals surface area contributed by atoms with Crippen LogP contribution < -0.4 is 9.47 Å². The fourth-order valence-corrected chi connectivity index (χ4v) is 4.79. The molecule has 0 unspecified atom stereocenters. The molecule has 0 spiro atoms. The van der Waals surface area contributed by atoms with Crippen LogP contribution in [0.4, 0.5) is 9.18 Å². The molecule has 1 fully saturated rings. The Hall–Kier alpha value is -3.61. The number of amides is 2. The molecule has 0 bridgehead atoms. The van der Waals surface area contributed by atoms with Crippen LogP contribution in [0.25, 0.3) is 6.08 Å². The summed E-state index contributed by atoms with van der Waals surface area (Å²) in [7, 11) is 1.50. The topological polar surface area (TPSA) is 79.6 Å². The lowest BCUT2D eigenvalue weighted by Crippen LogP contribution is -2.27. The average molecular weight is 553 g/mol. The molecule has 0 atom stereocenters. The minimum atomic E-state index is -0.487. The van der Waals surface area contributed by atoms with Gasteiger partial charge >= 0.3 is 0 Å². The second kappa shape index (κ2) is 10.8. The Balaban J connectivity index is 1.52. The van der Waals surface area contributed by atoms with Crippen LogP contribution in [-0.4, -0.2) is 23.2 Å². The summed E-state index contributed by atoms with van der Waals surface area (Å²) in [4.78, 5) is 26.5. The molecule has 1 saturated heterocycles. The van der Waals surface area contributed by atoms with Crippen LogP contribution in [0.2, 0.25) is 0 Å². The van der Waals surface area contributed by atoms with E-state index in [0.717, 1.165) is 22.2 Å². The van der Waals surface area contributed by atoms with Gasteiger partial charge in [-0.15, -0.1) is 0 Å². The van der Waals surface area contributed by atoms with Crippen LogP contribution in [0.15, 0.2) is 70.0 Å². The Morgan fingerprint density at radius 2 is 1.89 bits per heavy atom. The largest absolute Gasteiger partial charge is 0.493 e.